The zero-order valence-corrected chi connectivity index (χ0v) is 29.5. The fourth-order valence-corrected chi connectivity index (χ4v) is 7.01. The molecular formula is C36H36ClN3O8S. The molecule has 256 valence electrons. The van der Waals surface area contributed by atoms with E-state index in [4.69, 9.17) is 35.5 Å². The number of nitrogens with zero attached hydrogens (tertiary/aromatic N) is 3. The molecule has 2 heterocycles. The minimum atomic E-state index is -1.04. The smallest absolute Gasteiger partial charge is 0.335 e. The largest absolute Gasteiger partial charge is 0.497 e. The monoisotopic (exact) mass is 705 g/mol. The number of amides is 1. The maximum atomic E-state index is 14.3. The number of methoxy groups -OCH3 is 3. The van der Waals surface area contributed by atoms with Gasteiger partial charge < -0.3 is 29.0 Å². The summed E-state index contributed by atoms with van der Waals surface area (Å²) in [5.74, 6) is 0.356. The van der Waals surface area contributed by atoms with Crippen molar-refractivity contribution in [2.75, 3.05) is 34.4 Å². The normalized spacial score (nSPS) is 14.2. The Kier molecular flexibility index (Phi) is 10.8. The molecule has 0 bridgehead atoms. The van der Waals surface area contributed by atoms with Crippen molar-refractivity contribution >= 4 is 40.9 Å². The van der Waals surface area contributed by atoms with Crippen LogP contribution < -0.4 is 33.8 Å². The maximum absolute atomic E-state index is 14.3. The number of fused-ring (bicyclic) bond motifs is 1. The van der Waals surface area contributed by atoms with Gasteiger partial charge in [0, 0.05) is 18.7 Å². The van der Waals surface area contributed by atoms with Crippen molar-refractivity contribution in [3.8, 4) is 23.0 Å². The van der Waals surface area contributed by atoms with Crippen molar-refractivity contribution in [1.29, 1.82) is 0 Å². The number of likely N-dealkylation sites (N-methyl/N-ethyl adjacent to an activating group) is 1. The van der Waals surface area contributed by atoms with E-state index in [9.17, 15) is 19.5 Å². The molecule has 0 fully saturated rings. The number of hydrogen-bond acceptors (Lipinski definition) is 9. The Hall–Kier alpha value is -5.07. The summed E-state index contributed by atoms with van der Waals surface area (Å²) in [7, 11) is 4.56. The summed E-state index contributed by atoms with van der Waals surface area (Å²) < 4.78 is 24.7. The molecule has 13 heteroatoms. The summed E-state index contributed by atoms with van der Waals surface area (Å²) in [6.45, 7) is 6.59. The van der Waals surface area contributed by atoms with Crippen LogP contribution in [0.3, 0.4) is 0 Å². The fraction of sp³-hybridized carbons (Fsp3) is 0.278. The fourth-order valence-electron chi connectivity index (χ4n) is 5.69. The second kappa shape index (κ2) is 15.0. The lowest BCUT2D eigenvalue weighted by Crippen LogP contribution is -2.43. The third-order valence-electron chi connectivity index (χ3n) is 8.14. The van der Waals surface area contributed by atoms with Crippen molar-refractivity contribution in [3.05, 3.63) is 113 Å². The molecule has 0 spiro atoms. The molecule has 1 amide bonds. The van der Waals surface area contributed by atoms with Crippen LogP contribution in [0, 0.1) is 0 Å². The molecule has 3 aromatic carbocycles. The Labute approximate surface area is 291 Å². The van der Waals surface area contributed by atoms with E-state index in [0.717, 1.165) is 0 Å². The molecular weight excluding hydrogens is 670 g/mol. The van der Waals surface area contributed by atoms with Crippen molar-refractivity contribution in [3.63, 3.8) is 0 Å². The van der Waals surface area contributed by atoms with Crippen LogP contribution in [0.5, 0.6) is 23.0 Å². The Bertz CT molecular complexity index is 2130. The van der Waals surface area contributed by atoms with Crippen LogP contribution in [0.15, 0.2) is 75.7 Å². The highest BCUT2D eigenvalue weighted by Crippen LogP contribution is 2.39. The number of carbonyl (C=O) groups excluding carboxylic acids is 1. The predicted molar refractivity (Wildman–Crippen MR) is 187 cm³/mol. The lowest BCUT2D eigenvalue weighted by molar-refractivity contribution is -0.127. The second-order valence-corrected chi connectivity index (χ2v) is 12.4. The van der Waals surface area contributed by atoms with Gasteiger partial charge in [-0.15, -0.1) is 0 Å². The minimum absolute atomic E-state index is 0.0524. The average Bonchev–Trinajstić information content (AvgIpc) is 3.40. The first-order valence-corrected chi connectivity index (χ1v) is 16.6. The summed E-state index contributed by atoms with van der Waals surface area (Å²) in [6.07, 6.45) is 1.68. The predicted octanol–water partition coefficient (Wildman–Crippen LogP) is 5.06. The standard InChI is InChI=1S/C36H36ClN3O8S/c1-7-39(8-2)34(42)30-20(3)38-36-40(31(30)25-18-24(45-4)12-13-27(25)46-5)33(41)29(49-36)17-22-15-26(37)32(28(16-22)47-6)48-19-21-10-9-11-23(14-21)35(43)44/h9-18,31H,7-8,19H2,1-6H3,(H,43,44)/b29-17+/t31-/m1/s1. The average molecular weight is 706 g/mol. The van der Waals surface area contributed by atoms with Gasteiger partial charge in [0.25, 0.3) is 11.5 Å². The van der Waals surface area contributed by atoms with Crippen LogP contribution in [0.25, 0.3) is 6.08 Å². The van der Waals surface area contributed by atoms with Gasteiger partial charge in [-0.3, -0.25) is 14.2 Å². The molecule has 11 nitrogen and oxygen atoms in total. The number of halogens is 1. The lowest BCUT2D eigenvalue weighted by Gasteiger charge is -2.30. The van der Waals surface area contributed by atoms with Gasteiger partial charge in [-0.25, -0.2) is 9.79 Å². The number of rotatable bonds is 12. The topological polar surface area (TPSA) is 129 Å². The van der Waals surface area contributed by atoms with Gasteiger partial charge in [-0.1, -0.05) is 35.1 Å². The quantitative estimate of drug-likeness (QED) is 0.217. The van der Waals surface area contributed by atoms with Gasteiger partial charge in [0.15, 0.2) is 16.3 Å². The number of carboxylic acid groups (broad SMARTS) is 1. The molecule has 0 saturated heterocycles. The molecule has 1 aliphatic rings. The van der Waals surface area contributed by atoms with E-state index in [-0.39, 0.29) is 34.4 Å². The second-order valence-electron chi connectivity index (χ2n) is 11.0. The third-order valence-corrected chi connectivity index (χ3v) is 9.40. The number of aromatic nitrogens is 1. The van der Waals surface area contributed by atoms with Gasteiger partial charge in [0.1, 0.15) is 24.1 Å². The van der Waals surface area contributed by atoms with Crippen LogP contribution >= 0.6 is 22.9 Å². The zero-order chi connectivity index (χ0) is 35.4. The Morgan fingerprint density at radius 1 is 1.02 bits per heavy atom. The first kappa shape index (κ1) is 35.2. The van der Waals surface area contributed by atoms with Crippen molar-refractivity contribution < 1.29 is 33.6 Å². The first-order valence-electron chi connectivity index (χ1n) is 15.4. The molecule has 1 aromatic heterocycles. The summed E-state index contributed by atoms with van der Waals surface area (Å²) in [4.78, 5) is 46.6. The summed E-state index contributed by atoms with van der Waals surface area (Å²) in [6, 6.07) is 14.2. The van der Waals surface area contributed by atoms with E-state index in [0.29, 0.717) is 67.6 Å². The van der Waals surface area contributed by atoms with E-state index in [1.54, 1.807) is 67.5 Å². The molecule has 1 aliphatic heterocycles. The number of hydrogen-bond donors (Lipinski definition) is 1. The van der Waals surface area contributed by atoms with Crippen molar-refractivity contribution in [2.45, 2.75) is 33.4 Å². The van der Waals surface area contributed by atoms with Crippen molar-refractivity contribution in [2.24, 2.45) is 4.99 Å². The zero-order valence-electron chi connectivity index (χ0n) is 27.9. The van der Waals surface area contributed by atoms with E-state index < -0.39 is 12.0 Å². The van der Waals surface area contributed by atoms with Crippen LogP contribution in [0.2, 0.25) is 5.02 Å². The van der Waals surface area contributed by atoms with Crippen LogP contribution in [-0.2, 0) is 11.4 Å². The first-order chi connectivity index (χ1) is 23.5. The van der Waals surface area contributed by atoms with E-state index in [1.165, 1.54) is 42.3 Å². The number of aromatic carboxylic acids is 1. The van der Waals surface area contributed by atoms with Gasteiger partial charge >= 0.3 is 5.97 Å². The highest BCUT2D eigenvalue weighted by Gasteiger charge is 2.36. The van der Waals surface area contributed by atoms with Crippen molar-refractivity contribution in [1.82, 2.24) is 9.47 Å². The van der Waals surface area contributed by atoms with E-state index >= 15 is 0 Å². The number of allylic oxidation sites excluding steroid dienone is 1. The molecule has 0 saturated carbocycles. The Morgan fingerprint density at radius 2 is 1.76 bits per heavy atom. The molecule has 1 N–H and O–H groups in total. The molecule has 0 unspecified atom stereocenters. The van der Waals surface area contributed by atoms with Gasteiger partial charge in [-0.2, -0.15) is 0 Å². The highest BCUT2D eigenvalue weighted by molar-refractivity contribution is 7.07. The van der Waals surface area contributed by atoms with Gasteiger partial charge in [0.2, 0.25) is 0 Å². The summed E-state index contributed by atoms with van der Waals surface area (Å²) in [5, 5.41) is 9.54. The van der Waals surface area contributed by atoms with Crippen LogP contribution in [0.1, 0.15) is 53.9 Å². The summed E-state index contributed by atoms with van der Waals surface area (Å²) in [5.41, 5.74) is 2.44. The van der Waals surface area contributed by atoms with Gasteiger partial charge in [0.05, 0.1) is 47.7 Å². The van der Waals surface area contributed by atoms with E-state index in [2.05, 4.69) is 0 Å². The number of carboxylic acids is 1. The molecule has 1 atom stereocenters. The molecule has 4 aromatic rings. The lowest BCUT2D eigenvalue weighted by atomic mass is 9.93. The number of benzene rings is 3. The van der Waals surface area contributed by atoms with E-state index in [1.807, 2.05) is 13.8 Å². The Balaban J connectivity index is 1.61. The van der Waals surface area contributed by atoms with Gasteiger partial charge in [-0.05, 0) is 80.4 Å². The molecule has 0 aliphatic carbocycles. The molecule has 0 radical (unpaired) electrons. The maximum Gasteiger partial charge on any atom is 0.335 e. The Morgan fingerprint density at radius 3 is 2.41 bits per heavy atom. The van der Waals surface area contributed by atoms with Crippen LogP contribution in [0.4, 0.5) is 0 Å². The molecule has 5 rings (SSSR count). The minimum Gasteiger partial charge on any atom is -0.497 e. The number of carbonyl (C=O) groups is 2. The number of ether oxygens (including phenoxy) is 4. The number of thiazole rings is 1. The SMILES string of the molecule is CCN(CC)C(=O)C1=C(C)N=c2s/c(=C/c3cc(Cl)c(OCc4cccc(C(=O)O)c4)c(OC)c3)c(=O)n2[C@@H]1c1cc(OC)ccc1OC. The third kappa shape index (κ3) is 7.06. The highest BCUT2D eigenvalue weighted by atomic mass is 35.5. The van der Waals surface area contributed by atoms with Crippen LogP contribution in [-0.4, -0.2) is 60.9 Å². The molecule has 49 heavy (non-hydrogen) atoms. The summed E-state index contributed by atoms with van der Waals surface area (Å²) >= 11 is 7.86.